The highest BCUT2D eigenvalue weighted by atomic mass is 35.5. The number of benzene rings is 2. The summed E-state index contributed by atoms with van der Waals surface area (Å²) in [6.07, 6.45) is 1.81. The molecule has 0 unspecified atom stereocenters. The van der Waals surface area contributed by atoms with Crippen LogP contribution < -0.4 is 0 Å². The number of pyridine rings is 1. The fourth-order valence-electron chi connectivity index (χ4n) is 3.03. The molecular formula is C23H21ClN4S. The van der Waals surface area contributed by atoms with E-state index in [-0.39, 0.29) is 0 Å². The van der Waals surface area contributed by atoms with Crippen molar-refractivity contribution in [2.24, 2.45) is 0 Å². The molecule has 4 nitrogen and oxygen atoms in total. The summed E-state index contributed by atoms with van der Waals surface area (Å²) in [6, 6.07) is 22.2. The maximum atomic E-state index is 6.11. The Kier molecular flexibility index (Phi) is 5.97. The lowest BCUT2D eigenvalue weighted by Gasteiger charge is -2.12. The lowest BCUT2D eigenvalue weighted by molar-refractivity contribution is 0.865. The van der Waals surface area contributed by atoms with Gasteiger partial charge in [0, 0.05) is 28.2 Å². The standard InChI is InChI=1S/C23H21ClN4S/c1-16(2)17-6-5-7-18(14-17)22-26-27-23(29-15-20-8-3-4-13-25-20)28(22)21-11-9-19(24)10-12-21/h3-14,16H,15H2,1-2H3. The highest BCUT2D eigenvalue weighted by Crippen LogP contribution is 2.31. The summed E-state index contributed by atoms with van der Waals surface area (Å²) in [5.41, 5.74) is 4.30. The van der Waals surface area contributed by atoms with Gasteiger partial charge in [0.1, 0.15) is 0 Å². The van der Waals surface area contributed by atoms with Crippen molar-refractivity contribution in [3.05, 3.63) is 89.2 Å². The Morgan fingerprint density at radius 2 is 1.79 bits per heavy atom. The molecule has 0 atom stereocenters. The molecule has 0 aliphatic carbocycles. The summed E-state index contributed by atoms with van der Waals surface area (Å²) in [5.74, 6) is 1.98. The van der Waals surface area contributed by atoms with Gasteiger partial charge < -0.3 is 0 Å². The van der Waals surface area contributed by atoms with Crippen LogP contribution in [0.5, 0.6) is 0 Å². The minimum Gasteiger partial charge on any atom is -0.270 e. The molecule has 0 aliphatic heterocycles. The van der Waals surface area contributed by atoms with Crippen LogP contribution in [-0.4, -0.2) is 19.7 Å². The van der Waals surface area contributed by atoms with Gasteiger partial charge in [-0.1, -0.05) is 61.5 Å². The topological polar surface area (TPSA) is 43.6 Å². The molecule has 0 fully saturated rings. The van der Waals surface area contributed by atoms with Gasteiger partial charge in [-0.3, -0.25) is 9.55 Å². The molecule has 29 heavy (non-hydrogen) atoms. The summed E-state index contributed by atoms with van der Waals surface area (Å²) in [5, 5.41) is 10.6. The molecule has 0 bridgehead atoms. The van der Waals surface area contributed by atoms with Crippen molar-refractivity contribution >= 4 is 23.4 Å². The zero-order valence-electron chi connectivity index (χ0n) is 16.3. The van der Waals surface area contributed by atoms with Gasteiger partial charge in [-0.15, -0.1) is 10.2 Å². The first-order chi connectivity index (χ1) is 14.1. The maximum absolute atomic E-state index is 6.11. The van der Waals surface area contributed by atoms with Crippen molar-refractivity contribution < 1.29 is 0 Å². The molecular weight excluding hydrogens is 400 g/mol. The molecule has 6 heteroatoms. The van der Waals surface area contributed by atoms with Gasteiger partial charge >= 0.3 is 0 Å². The Bertz CT molecular complexity index is 1090. The second kappa shape index (κ2) is 8.80. The second-order valence-corrected chi connectivity index (χ2v) is 8.39. The van der Waals surface area contributed by atoms with Gasteiger partial charge in [0.25, 0.3) is 0 Å². The molecule has 0 N–H and O–H groups in total. The lowest BCUT2D eigenvalue weighted by atomic mass is 10.0. The summed E-state index contributed by atoms with van der Waals surface area (Å²) in [6.45, 7) is 4.38. The first-order valence-corrected chi connectivity index (χ1v) is 10.8. The van der Waals surface area contributed by atoms with Gasteiger partial charge in [-0.25, -0.2) is 0 Å². The number of hydrogen-bond acceptors (Lipinski definition) is 4. The van der Waals surface area contributed by atoms with E-state index in [0.717, 1.165) is 33.7 Å². The van der Waals surface area contributed by atoms with E-state index in [1.54, 1.807) is 11.8 Å². The van der Waals surface area contributed by atoms with Gasteiger partial charge in [0.15, 0.2) is 11.0 Å². The first-order valence-electron chi connectivity index (χ1n) is 9.46. The van der Waals surface area contributed by atoms with Crippen molar-refractivity contribution in [2.75, 3.05) is 0 Å². The normalized spacial score (nSPS) is 11.2. The summed E-state index contributed by atoms with van der Waals surface area (Å²) < 4.78 is 2.09. The number of thioether (sulfide) groups is 1. The van der Waals surface area contributed by atoms with Gasteiger partial charge in [-0.05, 0) is 53.9 Å². The van der Waals surface area contributed by atoms with E-state index in [0.29, 0.717) is 10.9 Å². The molecule has 0 spiro atoms. The van der Waals surface area contributed by atoms with Crippen LogP contribution >= 0.6 is 23.4 Å². The highest BCUT2D eigenvalue weighted by Gasteiger charge is 2.17. The van der Waals surface area contributed by atoms with Gasteiger partial charge in [0.05, 0.1) is 5.69 Å². The minimum absolute atomic E-state index is 0.444. The monoisotopic (exact) mass is 420 g/mol. The van der Waals surface area contributed by atoms with E-state index < -0.39 is 0 Å². The molecule has 4 aromatic rings. The molecule has 146 valence electrons. The fraction of sp³-hybridized carbons (Fsp3) is 0.174. The van der Waals surface area contributed by atoms with Gasteiger partial charge in [0.2, 0.25) is 0 Å². The molecule has 4 rings (SSSR count). The molecule has 0 radical (unpaired) electrons. The average Bonchev–Trinajstić information content (AvgIpc) is 3.17. The minimum atomic E-state index is 0.444. The van der Waals surface area contributed by atoms with Crippen LogP contribution in [0.25, 0.3) is 17.1 Å². The summed E-state index contributed by atoms with van der Waals surface area (Å²) >= 11 is 7.73. The molecule has 0 saturated carbocycles. The SMILES string of the molecule is CC(C)c1cccc(-c2nnc(SCc3ccccn3)n2-c2ccc(Cl)cc2)c1. The smallest absolute Gasteiger partial charge is 0.196 e. The van der Waals surface area contributed by atoms with Crippen LogP contribution in [0.2, 0.25) is 5.02 Å². The second-order valence-electron chi connectivity index (χ2n) is 7.01. The average molecular weight is 421 g/mol. The third-order valence-corrected chi connectivity index (χ3v) is 5.82. The van der Waals surface area contributed by atoms with E-state index in [4.69, 9.17) is 11.6 Å². The fourth-order valence-corrected chi connectivity index (χ4v) is 4.03. The van der Waals surface area contributed by atoms with Crippen LogP contribution in [0.15, 0.2) is 78.1 Å². The van der Waals surface area contributed by atoms with Crippen molar-refractivity contribution in [1.82, 2.24) is 19.7 Å². The Labute approximate surface area is 180 Å². The largest absolute Gasteiger partial charge is 0.270 e. The van der Waals surface area contributed by atoms with E-state index in [2.05, 4.69) is 57.9 Å². The predicted octanol–water partition coefficient (Wildman–Crippen LogP) is 6.40. The van der Waals surface area contributed by atoms with Crippen molar-refractivity contribution in [2.45, 2.75) is 30.7 Å². The van der Waals surface area contributed by atoms with E-state index in [9.17, 15) is 0 Å². The summed E-state index contributed by atoms with van der Waals surface area (Å²) in [7, 11) is 0. The van der Waals surface area contributed by atoms with Crippen molar-refractivity contribution in [1.29, 1.82) is 0 Å². The number of nitrogens with zero attached hydrogens (tertiary/aromatic N) is 4. The molecule has 2 heterocycles. The molecule has 0 saturated heterocycles. The first kappa shape index (κ1) is 19.7. The number of rotatable bonds is 6. The highest BCUT2D eigenvalue weighted by molar-refractivity contribution is 7.98. The Morgan fingerprint density at radius 3 is 2.52 bits per heavy atom. The van der Waals surface area contributed by atoms with Crippen LogP contribution in [0, 0.1) is 0 Å². The number of halogens is 1. The van der Waals surface area contributed by atoms with Crippen LogP contribution in [0.3, 0.4) is 0 Å². The zero-order valence-corrected chi connectivity index (χ0v) is 17.9. The van der Waals surface area contributed by atoms with Crippen LogP contribution in [0.1, 0.15) is 31.0 Å². The van der Waals surface area contributed by atoms with Crippen molar-refractivity contribution in [3.63, 3.8) is 0 Å². The predicted molar refractivity (Wildman–Crippen MR) is 120 cm³/mol. The number of aromatic nitrogens is 4. The molecule has 0 aliphatic rings. The zero-order chi connectivity index (χ0) is 20.2. The van der Waals surface area contributed by atoms with Crippen LogP contribution in [0.4, 0.5) is 0 Å². The molecule has 2 aromatic carbocycles. The Morgan fingerprint density at radius 1 is 0.966 bits per heavy atom. The van der Waals surface area contributed by atoms with Crippen LogP contribution in [-0.2, 0) is 5.75 Å². The Balaban J connectivity index is 1.76. The van der Waals surface area contributed by atoms with E-state index in [1.165, 1.54) is 5.56 Å². The third kappa shape index (κ3) is 4.52. The molecule has 0 amide bonds. The maximum Gasteiger partial charge on any atom is 0.196 e. The van der Waals surface area contributed by atoms with Crippen molar-refractivity contribution in [3.8, 4) is 17.1 Å². The summed E-state index contributed by atoms with van der Waals surface area (Å²) in [4.78, 5) is 4.41. The lowest BCUT2D eigenvalue weighted by Crippen LogP contribution is -2.00. The quantitative estimate of drug-likeness (QED) is 0.338. The van der Waals surface area contributed by atoms with E-state index >= 15 is 0 Å². The third-order valence-electron chi connectivity index (χ3n) is 4.60. The molecule has 2 aromatic heterocycles. The van der Waals surface area contributed by atoms with Gasteiger partial charge in [-0.2, -0.15) is 0 Å². The Hall–Kier alpha value is -2.63. The van der Waals surface area contributed by atoms with E-state index in [1.807, 2.05) is 48.7 Å². The number of hydrogen-bond donors (Lipinski definition) is 0.